The number of hydrogen-bond donors (Lipinski definition) is 2. The van der Waals surface area contributed by atoms with Crippen molar-refractivity contribution in [2.75, 3.05) is 19.8 Å². The second-order valence-electron chi connectivity index (χ2n) is 9.80. The molecule has 0 aliphatic heterocycles. The molecule has 2 aromatic carbocycles. The minimum absolute atomic E-state index is 0.00871. The van der Waals surface area contributed by atoms with Crippen LogP contribution in [0.2, 0.25) is 0 Å². The SMILES string of the molecule is CC1(C)C[C@H](NC(=O)COc2ccccc2)C[C@@](C)(CNC(=O)COc2ccccc2)C1. The van der Waals surface area contributed by atoms with E-state index in [9.17, 15) is 9.59 Å². The Hall–Kier alpha value is -3.02. The van der Waals surface area contributed by atoms with Gasteiger partial charge in [-0.25, -0.2) is 0 Å². The molecule has 0 saturated heterocycles. The lowest BCUT2D eigenvalue weighted by molar-refractivity contribution is -0.126. The summed E-state index contributed by atoms with van der Waals surface area (Å²) in [5.74, 6) is 1.08. The van der Waals surface area contributed by atoms with E-state index < -0.39 is 0 Å². The average Bonchev–Trinajstić information content (AvgIpc) is 2.75. The zero-order valence-electron chi connectivity index (χ0n) is 19.2. The van der Waals surface area contributed by atoms with E-state index in [2.05, 4.69) is 31.4 Å². The topological polar surface area (TPSA) is 76.7 Å². The number of nitrogens with one attached hydrogen (secondary N) is 2. The summed E-state index contributed by atoms with van der Waals surface area (Å²) in [4.78, 5) is 24.8. The molecule has 0 radical (unpaired) electrons. The molecule has 0 spiro atoms. The highest BCUT2D eigenvalue weighted by molar-refractivity contribution is 5.78. The molecule has 6 heteroatoms. The number of amides is 2. The Labute approximate surface area is 190 Å². The summed E-state index contributed by atoms with van der Waals surface area (Å²) in [7, 11) is 0. The van der Waals surface area contributed by atoms with Gasteiger partial charge in [0.15, 0.2) is 13.2 Å². The van der Waals surface area contributed by atoms with Crippen molar-refractivity contribution in [3.63, 3.8) is 0 Å². The number of para-hydroxylation sites is 2. The third-order valence-corrected chi connectivity index (χ3v) is 5.75. The molecule has 0 heterocycles. The molecule has 2 amide bonds. The second kappa shape index (κ2) is 10.5. The maximum atomic E-state index is 12.5. The van der Waals surface area contributed by atoms with Crippen molar-refractivity contribution in [3.05, 3.63) is 60.7 Å². The summed E-state index contributed by atoms with van der Waals surface area (Å²) in [5, 5.41) is 6.15. The molecule has 1 fully saturated rings. The van der Waals surface area contributed by atoms with Crippen LogP contribution in [0.15, 0.2) is 60.7 Å². The number of carbonyl (C=O) groups is 2. The molecule has 6 nitrogen and oxygen atoms in total. The zero-order chi connectivity index (χ0) is 23.0. The molecule has 2 N–H and O–H groups in total. The molecule has 2 atom stereocenters. The van der Waals surface area contributed by atoms with Crippen LogP contribution >= 0.6 is 0 Å². The molecule has 32 heavy (non-hydrogen) atoms. The minimum Gasteiger partial charge on any atom is -0.484 e. The third kappa shape index (κ3) is 7.59. The van der Waals surface area contributed by atoms with Crippen LogP contribution in [0.25, 0.3) is 0 Å². The zero-order valence-corrected chi connectivity index (χ0v) is 19.2. The molecule has 0 aromatic heterocycles. The van der Waals surface area contributed by atoms with Gasteiger partial charge < -0.3 is 20.1 Å². The van der Waals surface area contributed by atoms with Gasteiger partial charge in [-0.15, -0.1) is 0 Å². The summed E-state index contributed by atoms with van der Waals surface area (Å²) in [6.45, 7) is 7.12. The number of ether oxygens (including phenoxy) is 2. The second-order valence-corrected chi connectivity index (χ2v) is 9.80. The number of benzene rings is 2. The Bertz CT molecular complexity index is 885. The Morgan fingerprint density at radius 2 is 1.38 bits per heavy atom. The largest absolute Gasteiger partial charge is 0.484 e. The van der Waals surface area contributed by atoms with Crippen molar-refractivity contribution < 1.29 is 19.1 Å². The van der Waals surface area contributed by atoms with Crippen molar-refractivity contribution in [3.8, 4) is 11.5 Å². The fourth-order valence-electron chi connectivity index (χ4n) is 4.83. The monoisotopic (exact) mass is 438 g/mol. The van der Waals surface area contributed by atoms with Crippen LogP contribution in [0.3, 0.4) is 0 Å². The predicted molar refractivity (Wildman–Crippen MR) is 125 cm³/mol. The summed E-state index contributed by atoms with van der Waals surface area (Å²) in [6, 6.07) is 18.7. The van der Waals surface area contributed by atoms with E-state index in [0.717, 1.165) is 19.3 Å². The van der Waals surface area contributed by atoms with E-state index in [4.69, 9.17) is 9.47 Å². The van der Waals surface area contributed by atoms with Crippen LogP contribution in [0, 0.1) is 10.8 Å². The van der Waals surface area contributed by atoms with Gasteiger partial charge in [0.25, 0.3) is 11.8 Å². The van der Waals surface area contributed by atoms with E-state index >= 15 is 0 Å². The average molecular weight is 439 g/mol. The first kappa shape index (κ1) is 23.6. The lowest BCUT2D eigenvalue weighted by Gasteiger charge is -2.47. The molecule has 2 aromatic rings. The number of rotatable bonds is 9. The highest BCUT2D eigenvalue weighted by Gasteiger charge is 2.41. The smallest absolute Gasteiger partial charge is 0.258 e. The van der Waals surface area contributed by atoms with Gasteiger partial charge >= 0.3 is 0 Å². The minimum atomic E-state index is -0.143. The fraction of sp³-hybridized carbons (Fsp3) is 0.462. The quantitative estimate of drug-likeness (QED) is 0.621. The van der Waals surface area contributed by atoms with Gasteiger partial charge in [0.05, 0.1) is 0 Å². The van der Waals surface area contributed by atoms with Crippen LogP contribution in [0.4, 0.5) is 0 Å². The van der Waals surface area contributed by atoms with Gasteiger partial charge in [0.1, 0.15) is 11.5 Å². The molecular formula is C26H34N2O4. The first-order valence-corrected chi connectivity index (χ1v) is 11.1. The summed E-state index contributed by atoms with van der Waals surface area (Å²) in [6.07, 6.45) is 2.66. The van der Waals surface area contributed by atoms with Crippen molar-refractivity contribution in [1.29, 1.82) is 0 Å². The fourth-order valence-corrected chi connectivity index (χ4v) is 4.83. The standard InChI is InChI=1S/C26H34N2O4/c1-25(2)14-20(28-24(30)17-32-22-12-8-5-9-13-22)15-26(3,18-25)19-27-23(29)16-31-21-10-6-4-7-11-21/h4-13,20H,14-19H2,1-3H3,(H,27,29)(H,28,30)/t20-,26+/m0/s1. The van der Waals surface area contributed by atoms with Crippen LogP contribution in [-0.2, 0) is 9.59 Å². The number of hydrogen-bond acceptors (Lipinski definition) is 4. The van der Waals surface area contributed by atoms with E-state index in [1.807, 2.05) is 60.7 Å². The molecule has 3 rings (SSSR count). The van der Waals surface area contributed by atoms with Crippen molar-refractivity contribution in [2.24, 2.45) is 10.8 Å². The molecular weight excluding hydrogens is 404 g/mol. The van der Waals surface area contributed by atoms with Crippen molar-refractivity contribution in [2.45, 2.75) is 46.1 Å². The van der Waals surface area contributed by atoms with Crippen LogP contribution in [0.5, 0.6) is 11.5 Å². The maximum absolute atomic E-state index is 12.5. The van der Waals surface area contributed by atoms with Gasteiger partial charge in [-0.1, -0.05) is 57.2 Å². The Kier molecular flexibility index (Phi) is 7.78. The lowest BCUT2D eigenvalue weighted by Crippen LogP contribution is -2.51. The predicted octanol–water partition coefficient (Wildman–Crippen LogP) is 3.96. The Morgan fingerprint density at radius 3 is 1.94 bits per heavy atom. The van der Waals surface area contributed by atoms with E-state index in [0.29, 0.717) is 18.0 Å². The molecule has 1 saturated carbocycles. The summed E-state index contributed by atoms with van der Waals surface area (Å²) >= 11 is 0. The molecule has 0 unspecified atom stereocenters. The molecule has 1 aliphatic rings. The van der Waals surface area contributed by atoms with Gasteiger partial charge in [-0.3, -0.25) is 9.59 Å². The van der Waals surface area contributed by atoms with Gasteiger partial charge in [0.2, 0.25) is 0 Å². The molecule has 1 aliphatic carbocycles. The summed E-state index contributed by atoms with van der Waals surface area (Å²) < 4.78 is 11.1. The first-order chi connectivity index (χ1) is 15.2. The van der Waals surface area contributed by atoms with Crippen LogP contribution in [0.1, 0.15) is 40.0 Å². The van der Waals surface area contributed by atoms with Crippen LogP contribution < -0.4 is 20.1 Å². The van der Waals surface area contributed by atoms with Gasteiger partial charge in [-0.05, 0) is 54.4 Å². The number of carbonyl (C=O) groups excluding carboxylic acids is 2. The lowest BCUT2D eigenvalue weighted by atomic mass is 9.62. The third-order valence-electron chi connectivity index (χ3n) is 5.75. The van der Waals surface area contributed by atoms with Gasteiger partial charge in [-0.2, -0.15) is 0 Å². The van der Waals surface area contributed by atoms with E-state index in [1.54, 1.807) is 0 Å². The van der Waals surface area contributed by atoms with Crippen molar-refractivity contribution in [1.82, 2.24) is 10.6 Å². The maximum Gasteiger partial charge on any atom is 0.258 e. The first-order valence-electron chi connectivity index (χ1n) is 11.1. The summed E-state index contributed by atoms with van der Waals surface area (Å²) in [5.41, 5.74) is -0.0705. The van der Waals surface area contributed by atoms with E-state index in [1.165, 1.54) is 0 Å². The molecule has 172 valence electrons. The van der Waals surface area contributed by atoms with Gasteiger partial charge in [0, 0.05) is 12.6 Å². The Morgan fingerprint density at radius 1 is 0.844 bits per heavy atom. The highest BCUT2D eigenvalue weighted by Crippen LogP contribution is 2.45. The normalized spacial score (nSPS) is 21.9. The van der Waals surface area contributed by atoms with Crippen LogP contribution in [-0.4, -0.2) is 37.6 Å². The Balaban J connectivity index is 1.48. The van der Waals surface area contributed by atoms with Crippen molar-refractivity contribution >= 4 is 11.8 Å². The van der Waals surface area contributed by atoms with E-state index in [-0.39, 0.29) is 41.9 Å². The molecule has 0 bridgehead atoms. The highest BCUT2D eigenvalue weighted by atomic mass is 16.5.